The van der Waals surface area contributed by atoms with Crippen molar-refractivity contribution in [1.29, 1.82) is 0 Å². The molecule has 0 bridgehead atoms. The lowest BCUT2D eigenvalue weighted by Gasteiger charge is -2.51. The fourth-order valence-electron chi connectivity index (χ4n) is 8.14. The molecule has 0 saturated carbocycles. The zero-order chi connectivity index (χ0) is 45.6. The van der Waals surface area contributed by atoms with Crippen molar-refractivity contribution in [2.75, 3.05) is 26.4 Å². The molecule has 0 aromatic carbocycles. The van der Waals surface area contributed by atoms with Crippen LogP contribution in [0, 0.1) is 23.2 Å². The quantitative estimate of drug-likeness (QED) is 0.0730. The summed E-state index contributed by atoms with van der Waals surface area (Å²) in [6.07, 6.45) is -27.4. The number of carboxylic acids is 1. The molecule has 0 amide bonds. The van der Waals surface area contributed by atoms with Crippen molar-refractivity contribution in [2.24, 2.45) is 23.2 Å². The van der Waals surface area contributed by atoms with Crippen molar-refractivity contribution in [3.63, 3.8) is 0 Å². The van der Waals surface area contributed by atoms with E-state index in [1.165, 1.54) is 6.92 Å². The maximum absolute atomic E-state index is 12.7. The van der Waals surface area contributed by atoms with Gasteiger partial charge in [-0.1, -0.05) is 41.5 Å². The van der Waals surface area contributed by atoms with Crippen LogP contribution in [0.1, 0.15) is 54.4 Å². The Morgan fingerprint density at radius 3 is 1.80 bits per heavy atom. The van der Waals surface area contributed by atoms with Crippen LogP contribution in [-0.2, 0) is 47.5 Å². The molecule has 350 valence electrons. The van der Waals surface area contributed by atoms with Gasteiger partial charge in [0.1, 0.15) is 61.0 Å². The summed E-state index contributed by atoms with van der Waals surface area (Å²) < 4.78 is 41.5. The van der Waals surface area contributed by atoms with E-state index in [1.807, 2.05) is 20.8 Å². The van der Waals surface area contributed by atoms with Gasteiger partial charge in [-0.3, -0.25) is 0 Å². The number of carbonyl (C=O) groups is 1. The third-order valence-electron chi connectivity index (χ3n) is 11.8. The third kappa shape index (κ3) is 11.8. The molecule has 13 N–H and O–H groups in total. The van der Waals surface area contributed by atoms with Crippen molar-refractivity contribution < 1.29 is 114 Å². The number of rotatable bonds is 15. The van der Waals surface area contributed by atoms with Crippen molar-refractivity contribution in [3.8, 4) is 0 Å². The lowest BCUT2D eigenvalue weighted by atomic mass is 9.75. The average Bonchev–Trinajstić information content (AvgIpc) is 3.19. The van der Waals surface area contributed by atoms with E-state index < -0.39 is 178 Å². The highest BCUT2D eigenvalue weighted by Gasteiger charge is 2.57. The Labute approximate surface area is 345 Å². The number of carboxylic acid groups (broad SMARTS) is 1. The molecule has 4 aliphatic rings. The summed E-state index contributed by atoms with van der Waals surface area (Å²) in [5.74, 6) is -6.62. The summed E-state index contributed by atoms with van der Waals surface area (Å²) in [5, 5.41) is 136. The molecule has 6 unspecified atom stereocenters. The molecular weight excluding hydrogens is 812 g/mol. The summed E-state index contributed by atoms with van der Waals surface area (Å²) in [4.78, 5) is 28.9. The van der Waals surface area contributed by atoms with Crippen molar-refractivity contribution in [2.45, 2.75) is 170 Å². The molecule has 0 aromatic rings. The summed E-state index contributed by atoms with van der Waals surface area (Å²) in [6.45, 7) is 7.01. The Balaban J connectivity index is 0.00000311. The molecule has 23 heteroatoms. The topological polar surface area (TPSA) is 379 Å². The lowest BCUT2D eigenvalue weighted by molar-refractivity contribution is -0.366. The monoisotopic (exact) mass is 876 g/mol. The summed E-state index contributed by atoms with van der Waals surface area (Å²) >= 11 is 0. The van der Waals surface area contributed by atoms with E-state index in [2.05, 4.69) is 0 Å². The first-order chi connectivity index (χ1) is 27.9. The van der Waals surface area contributed by atoms with Gasteiger partial charge in [0.2, 0.25) is 0 Å². The first-order valence-corrected chi connectivity index (χ1v) is 19.7. The molecule has 4 rings (SSSR count). The van der Waals surface area contributed by atoms with Crippen LogP contribution in [0.2, 0.25) is 0 Å². The number of hydrogen-bond donors (Lipinski definition) is 13. The highest BCUT2D eigenvalue weighted by atomic mass is 16.7. The second kappa shape index (κ2) is 22.1. The largest absolute Gasteiger partial charge is 0.477 e. The second-order valence-corrected chi connectivity index (χ2v) is 17.1. The van der Waals surface area contributed by atoms with E-state index in [-0.39, 0.29) is 12.6 Å². The third-order valence-corrected chi connectivity index (χ3v) is 11.8. The van der Waals surface area contributed by atoms with Crippen LogP contribution in [0.5, 0.6) is 0 Å². The number of aliphatic hydroxyl groups excluding tert-OH is 12. The zero-order valence-electron chi connectivity index (χ0n) is 34.3. The number of aliphatic carboxylic acids is 1. The normalized spacial score (nSPS) is 43.4. The van der Waals surface area contributed by atoms with Crippen LogP contribution in [0.25, 0.3) is 0 Å². The van der Waals surface area contributed by atoms with Gasteiger partial charge in [-0.15, -0.1) is 0 Å². The number of aliphatic hydroxyl groups is 12. The van der Waals surface area contributed by atoms with E-state index in [9.17, 15) is 71.2 Å². The molecule has 0 aromatic heterocycles. The Hall–Kier alpha value is -1.91. The van der Waals surface area contributed by atoms with Crippen LogP contribution >= 0.6 is 0 Å². The van der Waals surface area contributed by atoms with E-state index in [0.29, 0.717) is 0 Å². The highest BCUT2D eigenvalue weighted by molar-refractivity contribution is 5.76. The van der Waals surface area contributed by atoms with E-state index in [4.69, 9.17) is 42.7 Å². The summed E-state index contributed by atoms with van der Waals surface area (Å²) in [5.41, 5.74) is -0.658. The van der Waals surface area contributed by atoms with Crippen LogP contribution in [-0.4, -0.2) is 221 Å². The van der Waals surface area contributed by atoms with E-state index in [0.717, 1.165) is 0 Å². The second-order valence-electron chi connectivity index (χ2n) is 17.1. The van der Waals surface area contributed by atoms with Gasteiger partial charge in [-0.25, -0.2) is 4.79 Å². The minimum absolute atomic E-state index is 0.199. The Morgan fingerprint density at radius 2 is 1.28 bits per heavy atom. The molecule has 4 aliphatic heterocycles. The van der Waals surface area contributed by atoms with Crippen LogP contribution < -0.4 is 0 Å². The number of carbonyl (C=O) groups excluding carboxylic acids is 2. The Bertz CT molecular complexity index is 1360. The standard InChI is InChI=1S/C36H64O21.CO2/c1-13-16(40)7-22(54-28(13)23(44)18(42)9-37)55-31-25(46)20(11-39)53-33(27(31)48)56-29-15(3)32(35(4,5)6)52-21(26(29)47)12-51-36(34(49)50)8-17(41)14(2)30(57-36)24(45)19(43)10-38;2-1-3/h13-33,37-48H,7-12H2,1-6H3,(H,49,50);/t13-,14-,15?,16-,17-,18-,19-,20?,21?,22-,23-,24-,25+,26+,27?,28?,29-,30?,31+,32-,33+,36-;/m1./s1. The zero-order valence-corrected chi connectivity index (χ0v) is 34.3. The Morgan fingerprint density at radius 1 is 0.750 bits per heavy atom. The van der Waals surface area contributed by atoms with Gasteiger partial charge in [-0.05, 0) is 5.41 Å². The molecule has 60 heavy (non-hydrogen) atoms. The fourth-order valence-corrected chi connectivity index (χ4v) is 8.14. The fraction of sp³-hybridized carbons (Fsp3) is 0.946. The predicted octanol–water partition coefficient (Wildman–Crippen LogP) is -5.45. The summed E-state index contributed by atoms with van der Waals surface area (Å²) in [7, 11) is 0. The first kappa shape index (κ1) is 52.4. The van der Waals surface area contributed by atoms with E-state index >= 15 is 0 Å². The minimum Gasteiger partial charge on any atom is -0.477 e. The van der Waals surface area contributed by atoms with Gasteiger partial charge in [-0.2, -0.15) is 9.59 Å². The lowest BCUT2D eigenvalue weighted by Crippen LogP contribution is -2.65. The van der Waals surface area contributed by atoms with Gasteiger partial charge in [0.25, 0.3) is 5.79 Å². The first-order valence-electron chi connectivity index (χ1n) is 19.7. The van der Waals surface area contributed by atoms with Gasteiger partial charge < -0.3 is 99.5 Å². The molecule has 0 radical (unpaired) electrons. The van der Waals surface area contributed by atoms with Gasteiger partial charge in [0.05, 0.1) is 63.1 Å². The van der Waals surface area contributed by atoms with Crippen LogP contribution in [0.15, 0.2) is 0 Å². The SMILES string of the molecule is CC1[C@@H](O[C@@H]2OC(CO)[C@H](O)[C@H](O[C@@H]3C[C@@H](O)[C@@H](C)C([C@H](O)[C@H](O)CO)O3)C2O)[C@@H](O)C(CO[C@]2(C(=O)O)C[C@@H](O)[C@@H](C)C([C@H](O)[C@H](O)CO)O2)O[C@H]1C(C)(C)C.O=C=O. The highest BCUT2D eigenvalue weighted by Crippen LogP contribution is 2.42. The maximum Gasteiger partial charge on any atom is 0.373 e. The van der Waals surface area contributed by atoms with Crippen molar-refractivity contribution in [3.05, 3.63) is 0 Å². The van der Waals surface area contributed by atoms with Gasteiger partial charge >= 0.3 is 12.1 Å². The van der Waals surface area contributed by atoms with Crippen LogP contribution in [0.4, 0.5) is 0 Å². The molecule has 0 spiro atoms. The molecule has 23 nitrogen and oxygen atoms in total. The predicted molar refractivity (Wildman–Crippen MR) is 193 cm³/mol. The molecule has 4 fully saturated rings. The molecule has 4 saturated heterocycles. The average molecular weight is 877 g/mol. The van der Waals surface area contributed by atoms with Gasteiger partial charge in [0, 0.05) is 30.6 Å². The van der Waals surface area contributed by atoms with Crippen molar-refractivity contribution >= 4 is 12.1 Å². The minimum atomic E-state index is -2.61. The molecular formula is C37H64O23. The molecule has 4 heterocycles. The maximum atomic E-state index is 12.7. The Kier molecular flexibility index (Phi) is 19.3. The molecule has 0 aliphatic carbocycles. The number of ether oxygens (including phenoxy) is 7. The smallest absolute Gasteiger partial charge is 0.373 e. The van der Waals surface area contributed by atoms with E-state index in [1.54, 1.807) is 13.8 Å². The number of hydrogen-bond acceptors (Lipinski definition) is 22. The molecule has 22 atom stereocenters. The van der Waals surface area contributed by atoms with Crippen molar-refractivity contribution in [1.82, 2.24) is 0 Å². The van der Waals surface area contributed by atoms with Gasteiger partial charge in [0.15, 0.2) is 12.6 Å². The van der Waals surface area contributed by atoms with Crippen LogP contribution in [0.3, 0.4) is 0 Å². The summed E-state index contributed by atoms with van der Waals surface area (Å²) in [6, 6.07) is 0.